The molecular formula is C19H15N3O. The smallest absolute Gasteiger partial charge is 0.150 e. The topological polar surface area (TPSA) is 71.1 Å². The van der Waals surface area contributed by atoms with Crippen molar-refractivity contribution in [3.63, 3.8) is 0 Å². The highest BCUT2D eigenvalue weighted by Gasteiger charge is 2.08. The van der Waals surface area contributed by atoms with Crippen LogP contribution in [0.5, 0.6) is 11.5 Å². The van der Waals surface area contributed by atoms with Gasteiger partial charge in [-0.2, -0.15) is 5.26 Å². The third kappa shape index (κ3) is 3.42. The van der Waals surface area contributed by atoms with E-state index in [0.29, 0.717) is 22.7 Å². The van der Waals surface area contributed by atoms with Gasteiger partial charge < -0.3 is 15.8 Å². The second kappa shape index (κ2) is 6.54. The number of benzene rings is 3. The number of nitrogen functional groups attached to an aromatic ring is 1. The number of hydrogen-bond acceptors (Lipinski definition) is 4. The van der Waals surface area contributed by atoms with E-state index in [4.69, 9.17) is 10.5 Å². The predicted octanol–water partition coefficient (Wildman–Crippen LogP) is 4.68. The summed E-state index contributed by atoms with van der Waals surface area (Å²) < 4.78 is 5.91. The summed E-state index contributed by atoms with van der Waals surface area (Å²) in [6.07, 6.45) is 0. The van der Waals surface area contributed by atoms with E-state index in [1.807, 2.05) is 54.6 Å². The molecular weight excluding hydrogens is 286 g/mol. The van der Waals surface area contributed by atoms with Gasteiger partial charge in [0.2, 0.25) is 0 Å². The lowest BCUT2D eigenvalue weighted by Gasteiger charge is -2.14. The van der Waals surface area contributed by atoms with E-state index in [1.54, 1.807) is 18.2 Å². The second-order valence-electron chi connectivity index (χ2n) is 4.95. The molecule has 0 heterocycles. The number of nitrogens with one attached hydrogen (secondary N) is 1. The molecule has 3 rings (SSSR count). The molecule has 0 fully saturated rings. The number of nitrogens with zero attached hydrogens (tertiary/aromatic N) is 1. The van der Waals surface area contributed by atoms with Crippen LogP contribution in [-0.4, -0.2) is 0 Å². The average Bonchev–Trinajstić information content (AvgIpc) is 2.59. The summed E-state index contributed by atoms with van der Waals surface area (Å²) in [4.78, 5) is 0. The zero-order valence-electron chi connectivity index (χ0n) is 12.4. The second-order valence-corrected chi connectivity index (χ2v) is 4.95. The summed E-state index contributed by atoms with van der Waals surface area (Å²) in [5.74, 6) is 1.43. The Labute approximate surface area is 134 Å². The number of para-hydroxylation sites is 3. The van der Waals surface area contributed by atoms with Crippen LogP contribution in [0.15, 0.2) is 72.8 Å². The van der Waals surface area contributed by atoms with E-state index in [1.165, 1.54) is 0 Å². The quantitative estimate of drug-likeness (QED) is 0.686. The molecule has 3 aromatic rings. The minimum Gasteiger partial charge on any atom is -0.455 e. The van der Waals surface area contributed by atoms with Gasteiger partial charge in [-0.3, -0.25) is 0 Å². The molecule has 3 N–H and O–H groups in total. The first kappa shape index (κ1) is 14.5. The molecule has 4 heteroatoms. The Morgan fingerprint density at radius 1 is 0.870 bits per heavy atom. The normalized spacial score (nSPS) is 9.87. The zero-order chi connectivity index (χ0) is 16.1. The Bertz CT molecular complexity index is 854. The van der Waals surface area contributed by atoms with Gasteiger partial charge in [-0.25, -0.2) is 0 Å². The van der Waals surface area contributed by atoms with Crippen LogP contribution >= 0.6 is 0 Å². The van der Waals surface area contributed by atoms with Gasteiger partial charge in [0.25, 0.3) is 0 Å². The average molecular weight is 301 g/mol. The monoisotopic (exact) mass is 301 g/mol. The molecule has 0 saturated carbocycles. The molecule has 112 valence electrons. The Hall–Kier alpha value is -3.45. The lowest BCUT2D eigenvalue weighted by Crippen LogP contribution is -1.97. The first-order valence-electron chi connectivity index (χ1n) is 7.15. The fourth-order valence-electron chi connectivity index (χ4n) is 2.18. The van der Waals surface area contributed by atoms with E-state index in [9.17, 15) is 5.26 Å². The van der Waals surface area contributed by atoms with Crippen molar-refractivity contribution in [3.05, 3.63) is 78.4 Å². The largest absolute Gasteiger partial charge is 0.455 e. The molecule has 23 heavy (non-hydrogen) atoms. The third-order valence-corrected chi connectivity index (χ3v) is 3.29. The van der Waals surface area contributed by atoms with E-state index in [0.717, 1.165) is 11.4 Å². The summed E-state index contributed by atoms with van der Waals surface area (Å²) in [5.41, 5.74) is 8.23. The van der Waals surface area contributed by atoms with Crippen molar-refractivity contribution >= 4 is 17.1 Å². The summed E-state index contributed by atoms with van der Waals surface area (Å²) in [7, 11) is 0. The number of hydrogen-bond donors (Lipinski definition) is 2. The van der Waals surface area contributed by atoms with Crippen LogP contribution in [0.4, 0.5) is 17.1 Å². The molecule has 0 atom stereocenters. The number of anilines is 3. The van der Waals surface area contributed by atoms with Gasteiger partial charge in [0.15, 0.2) is 5.75 Å². The summed E-state index contributed by atoms with van der Waals surface area (Å²) in [6.45, 7) is 0. The fourth-order valence-corrected chi connectivity index (χ4v) is 2.18. The molecule has 0 radical (unpaired) electrons. The van der Waals surface area contributed by atoms with E-state index in [-0.39, 0.29) is 0 Å². The molecule has 0 saturated heterocycles. The molecule has 3 aromatic carbocycles. The maximum atomic E-state index is 9.25. The molecule has 0 aliphatic rings. The van der Waals surface area contributed by atoms with Gasteiger partial charge in [0, 0.05) is 5.69 Å². The van der Waals surface area contributed by atoms with Crippen LogP contribution in [0.3, 0.4) is 0 Å². The minimum atomic E-state index is 0.486. The van der Waals surface area contributed by atoms with Gasteiger partial charge in [-0.1, -0.05) is 30.3 Å². The molecule has 0 aliphatic carbocycles. The van der Waals surface area contributed by atoms with Gasteiger partial charge >= 0.3 is 0 Å². The SMILES string of the molecule is N#Cc1cc(N)ccc1Nc1ccccc1Oc1ccccc1. The predicted molar refractivity (Wildman–Crippen MR) is 91.8 cm³/mol. The highest BCUT2D eigenvalue weighted by Crippen LogP contribution is 2.32. The molecule has 0 aromatic heterocycles. The van der Waals surface area contributed by atoms with E-state index in [2.05, 4.69) is 11.4 Å². The number of rotatable bonds is 4. The van der Waals surface area contributed by atoms with Crippen LogP contribution in [0.25, 0.3) is 0 Å². The summed E-state index contributed by atoms with van der Waals surface area (Å²) in [5, 5.41) is 12.5. The van der Waals surface area contributed by atoms with Gasteiger partial charge in [0.05, 0.1) is 16.9 Å². The standard InChI is InChI=1S/C19H15N3O/c20-13-14-12-15(21)10-11-17(14)22-18-8-4-5-9-19(18)23-16-6-2-1-3-7-16/h1-12,22H,21H2. The van der Waals surface area contributed by atoms with Gasteiger partial charge in [-0.05, 0) is 42.5 Å². The maximum absolute atomic E-state index is 9.25. The lowest BCUT2D eigenvalue weighted by atomic mass is 10.1. The van der Waals surface area contributed by atoms with Crippen LogP contribution in [0.2, 0.25) is 0 Å². The summed E-state index contributed by atoms with van der Waals surface area (Å²) in [6, 6.07) is 24.4. The highest BCUT2D eigenvalue weighted by molar-refractivity contribution is 5.72. The molecule has 0 unspecified atom stereocenters. The molecule has 0 bridgehead atoms. The van der Waals surface area contributed by atoms with Crippen molar-refractivity contribution in [3.8, 4) is 17.6 Å². The number of nitriles is 1. The van der Waals surface area contributed by atoms with E-state index >= 15 is 0 Å². The molecule has 0 aliphatic heterocycles. The maximum Gasteiger partial charge on any atom is 0.150 e. The number of ether oxygens (including phenoxy) is 1. The van der Waals surface area contributed by atoms with Gasteiger partial charge in [-0.15, -0.1) is 0 Å². The van der Waals surface area contributed by atoms with Crippen LogP contribution in [0, 0.1) is 11.3 Å². The Morgan fingerprint density at radius 2 is 1.61 bits per heavy atom. The van der Waals surface area contributed by atoms with Crippen molar-refractivity contribution in [1.29, 1.82) is 5.26 Å². The molecule has 0 spiro atoms. The van der Waals surface area contributed by atoms with Crippen LogP contribution in [0.1, 0.15) is 5.56 Å². The van der Waals surface area contributed by atoms with Gasteiger partial charge in [0.1, 0.15) is 11.8 Å². The zero-order valence-corrected chi connectivity index (χ0v) is 12.4. The van der Waals surface area contributed by atoms with Crippen molar-refractivity contribution in [1.82, 2.24) is 0 Å². The Balaban J connectivity index is 1.91. The third-order valence-electron chi connectivity index (χ3n) is 3.29. The Kier molecular flexibility index (Phi) is 4.12. The van der Waals surface area contributed by atoms with Crippen LogP contribution in [-0.2, 0) is 0 Å². The van der Waals surface area contributed by atoms with Crippen LogP contribution < -0.4 is 15.8 Å². The Morgan fingerprint density at radius 3 is 2.39 bits per heavy atom. The lowest BCUT2D eigenvalue weighted by molar-refractivity contribution is 0.485. The van der Waals surface area contributed by atoms with E-state index < -0.39 is 0 Å². The first-order valence-corrected chi connectivity index (χ1v) is 7.15. The minimum absolute atomic E-state index is 0.486. The van der Waals surface area contributed by atoms with Crippen molar-refractivity contribution in [2.45, 2.75) is 0 Å². The highest BCUT2D eigenvalue weighted by atomic mass is 16.5. The molecule has 4 nitrogen and oxygen atoms in total. The number of nitrogens with two attached hydrogens (primary N) is 1. The van der Waals surface area contributed by atoms with Crippen molar-refractivity contribution in [2.24, 2.45) is 0 Å². The fraction of sp³-hybridized carbons (Fsp3) is 0. The summed E-state index contributed by atoms with van der Waals surface area (Å²) >= 11 is 0. The van der Waals surface area contributed by atoms with Crippen molar-refractivity contribution < 1.29 is 4.74 Å². The first-order chi connectivity index (χ1) is 11.3. The van der Waals surface area contributed by atoms with Crippen molar-refractivity contribution in [2.75, 3.05) is 11.1 Å². The molecule has 0 amide bonds.